The van der Waals surface area contributed by atoms with Crippen molar-refractivity contribution in [2.45, 2.75) is 38.2 Å². The second kappa shape index (κ2) is 9.54. The van der Waals surface area contributed by atoms with Crippen molar-refractivity contribution < 1.29 is 35.9 Å². The van der Waals surface area contributed by atoms with Crippen molar-refractivity contribution >= 4 is 27.5 Å². The highest BCUT2D eigenvalue weighted by molar-refractivity contribution is 7.18. The van der Waals surface area contributed by atoms with E-state index >= 15 is 0 Å². The Balaban J connectivity index is 1.67. The molecule has 1 atom stereocenters. The number of hydrogen-bond acceptors (Lipinski definition) is 8. The average molecular weight is 530 g/mol. The Morgan fingerprint density at radius 3 is 2.39 bits per heavy atom. The number of nitrogens with zero attached hydrogens (tertiary/aromatic N) is 6. The zero-order chi connectivity index (χ0) is 26.3. The molecule has 190 valence electrons. The molecule has 15 heteroatoms. The molecule has 4 heterocycles. The Labute approximate surface area is 203 Å². The van der Waals surface area contributed by atoms with E-state index in [0.29, 0.717) is 9.80 Å². The standard InChI is InChI=1S/C21H16F6N6O2S/c1-10-32-16-15(17(35-2)21(25,26)27)12(9-29-19(16)36-10)7-13(34)5-11-6-14(20(22,23)24)18(28-8-11)33-30-3-4-31-33/h3-4,6,8-9,17H,5,7H2,1-2H3. The number of aryl methyl sites for hydroxylation is 1. The number of aromatic nitrogens is 6. The third-order valence-electron chi connectivity index (χ3n) is 5.08. The lowest BCUT2D eigenvalue weighted by atomic mass is 9.96. The highest BCUT2D eigenvalue weighted by atomic mass is 32.1. The summed E-state index contributed by atoms with van der Waals surface area (Å²) in [5, 5.41) is 7.77. The summed E-state index contributed by atoms with van der Waals surface area (Å²) in [6, 6.07) is 0.739. The number of carbonyl (C=O) groups is 1. The second-order valence-corrected chi connectivity index (χ2v) is 8.85. The van der Waals surface area contributed by atoms with Crippen molar-refractivity contribution in [2.75, 3.05) is 7.11 Å². The van der Waals surface area contributed by atoms with Gasteiger partial charge in [-0.05, 0) is 24.1 Å². The Morgan fingerprint density at radius 2 is 1.78 bits per heavy atom. The molecule has 36 heavy (non-hydrogen) atoms. The molecule has 0 fully saturated rings. The highest BCUT2D eigenvalue weighted by Gasteiger charge is 2.44. The zero-order valence-corrected chi connectivity index (χ0v) is 19.4. The average Bonchev–Trinajstić information content (AvgIpc) is 3.43. The summed E-state index contributed by atoms with van der Waals surface area (Å²) >= 11 is 1.08. The minimum absolute atomic E-state index is 0.0379. The van der Waals surface area contributed by atoms with Gasteiger partial charge in [-0.25, -0.2) is 15.0 Å². The molecule has 0 aliphatic heterocycles. The maximum atomic E-state index is 13.7. The van der Waals surface area contributed by atoms with Gasteiger partial charge in [0.15, 0.2) is 11.9 Å². The Morgan fingerprint density at radius 1 is 1.08 bits per heavy atom. The van der Waals surface area contributed by atoms with E-state index < -0.39 is 48.5 Å². The normalized spacial score (nSPS) is 13.3. The fourth-order valence-corrected chi connectivity index (χ4v) is 4.45. The molecule has 1 unspecified atom stereocenters. The van der Waals surface area contributed by atoms with E-state index in [9.17, 15) is 31.1 Å². The maximum absolute atomic E-state index is 13.7. The van der Waals surface area contributed by atoms with Gasteiger partial charge in [-0.2, -0.15) is 36.5 Å². The number of ether oxygens (including phenoxy) is 1. The Hall–Kier alpha value is -3.46. The number of alkyl halides is 6. The minimum atomic E-state index is -4.82. The van der Waals surface area contributed by atoms with E-state index in [0.717, 1.165) is 36.9 Å². The molecule has 0 bridgehead atoms. The third-order valence-corrected chi connectivity index (χ3v) is 5.95. The molecule has 0 saturated carbocycles. The third kappa shape index (κ3) is 5.21. The number of pyridine rings is 2. The van der Waals surface area contributed by atoms with Crippen LogP contribution in [0, 0.1) is 6.92 Å². The number of ketones is 1. The van der Waals surface area contributed by atoms with E-state index in [1.54, 1.807) is 6.92 Å². The van der Waals surface area contributed by atoms with Crippen molar-refractivity contribution in [3.05, 3.63) is 58.1 Å². The topological polar surface area (TPSA) is 95.7 Å². The van der Waals surface area contributed by atoms with Crippen LogP contribution in [0.25, 0.3) is 16.2 Å². The van der Waals surface area contributed by atoms with E-state index in [2.05, 4.69) is 25.1 Å². The zero-order valence-electron chi connectivity index (χ0n) is 18.6. The molecule has 0 aliphatic rings. The molecule has 0 radical (unpaired) electrons. The number of carbonyl (C=O) groups excluding carboxylic acids is 1. The SMILES string of the molecule is COC(c1c(CC(=O)Cc2cnc(-n3nccn3)c(C(F)(F)F)c2)cnc2sc(C)nc12)C(F)(F)F. The van der Waals surface area contributed by atoms with E-state index in [1.807, 2.05) is 0 Å². The number of fused-ring (bicyclic) bond motifs is 1. The van der Waals surface area contributed by atoms with Crippen LogP contribution in [0.3, 0.4) is 0 Å². The molecule has 0 spiro atoms. The molecule has 8 nitrogen and oxygen atoms in total. The van der Waals surface area contributed by atoms with E-state index in [-0.39, 0.29) is 27.0 Å². The van der Waals surface area contributed by atoms with Crippen LogP contribution in [0.4, 0.5) is 26.3 Å². The first kappa shape index (κ1) is 25.6. The van der Waals surface area contributed by atoms with Gasteiger partial charge < -0.3 is 4.74 Å². The van der Waals surface area contributed by atoms with Gasteiger partial charge >= 0.3 is 12.4 Å². The molecule has 4 rings (SSSR count). The summed E-state index contributed by atoms with van der Waals surface area (Å²) < 4.78 is 86.8. The van der Waals surface area contributed by atoms with Crippen LogP contribution in [0.1, 0.15) is 33.4 Å². The molecule has 0 aliphatic carbocycles. The number of methoxy groups -OCH3 is 1. The fraction of sp³-hybridized carbons (Fsp3) is 0.333. The monoisotopic (exact) mass is 530 g/mol. The van der Waals surface area contributed by atoms with E-state index in [1.165, 1.54) is 12.4 Å². The van der Waals surface area contributed by atoms with Crippen LogP contribution in [-0.2, 0) is 28.5 Å². The fourth-order valence-electron chi connectivity index (χ4n) is 3.68. The first-order valence-corrected chi connectivity index (χ1v) is 11.0. The number of thiazole rings is 1. The number of hydrogen-bond donors (Lipinski definition) is 0. The lowest BCUT2D eigenvalue weighted by Crippen LogP contribution is -2.25. The van der Waals surface area contributed by atoms with Crippen molar-refractivity contribution in [3.63, 3.8) is 0 Å². The smallest absolute Gasteiger partial charge is 0.367 e. The molecule has 0 aromatic carbocycles. The molecule has 0 N–H and O–H groups in total. The molecule has 4 aromatic rings. The van der Waals surface area contributed by atoms with Gasteiger partial charge in [0.05, 0.1) is 17.4 Å². The molecular formula is C21H16F6N6O2S. The number of rotatable bonds is 7. The second-order valence-electron chi connectivity index (χ2n) is 7.66. The first-order chi connectivity index (χ1) is 16.9. The van der Waals surface area contributed by atoms with Crippen molar-refractivity contribution in [3.8, 4) is 5.82 Å². The van der Waals surface area contributed by atoms with Crippen LogP contribution < -0.4 is 0 Å². The van der Waals surface area contributed by atoms with Gasteiger partial charge in [0.1, 0.15) is 21.7 Å². The predicted molar refractivity (Wildman–Crippen MR) is 115 cm³/mol. The summed E-state index contributed by atoms with van der Waals surface area (Å²) in [7, 11) is 0.885. The van der Waals surface area contributed by atoms with Gasteiger partial charge in [-0.15, -0.1) is 4.80 Å². The van der Waals surface area contributed by atoms with Gasteiger partial charge in [0.25, 0.3) is 0 Å². The first-order valence-electron chi connectivity index (χ1n) is 10.2. The van der Waals surface area contributed by atoms with Gasteiger partial charge in [-0.1, -0.05) is 11.3 Å². The highest BCUT2D eigenvalue weighted by Crippen LogP contribution is 2.41. The lowest BCUT2D eigenvalue weighted by Gasteiger charge is -2.22. The Bertz CT molecular complexity index is 1400. The maximum Gasteiger partial charge on any atom is 0.420 e. The van der Waals surface area contributed by atoms with E-state index in [4.69, 9.17) is 4.74 Å². The summed E-state index contributed by atoms with van der Waals surface area (Å²) in [5.74, 6) is -1.23. The van der Waals surface area contributed by atoms with Gasteiger partial charge in [0.2, 0.25) is 0 Å². The quantitative estimate of drug-likeness (QED) is 0.323. The van der Waals surface area contributed by atoms with Crippen LogP contribution in [0.15, 0.2) is 30.9 Å². The minimum Gasteiger partial charge on any atom is -0.367 e. The Kier molecular flexibility index (Phi) is 6.79. The molecule has 0 saturated heterocycles. The summed E-state index contributed by atoms with van der Waals surface area (Å²) in [4.78, 5) is 25.7. The van der Waals surface area contributed by atoms with Crippen LogP contribution in [0.5, 0.6) is 0 Å². The van der Waals surface area contributed by atoms with Crippen LogP contribution in [-0.4, -0.2) is 49.0 Å². The van der Waals surface area contributed by atoms with Crippen molar-refractivity contribution in [1.82, 2.24) is 29.9 Å². The van der Waals surface area contributed by atoms with Crippen LogP contribution >= 0.6 is 11.3 Å². The summed E-state index contributed by atoms with van der Waals surface area (Å²) in [5.41, 5.74) is -1.71. The predicted octanol–water partition coefficient (Wildman–Crippen LogP) is 4.60. The van der Waals surface area contributed by atoms with Crippen molar-refractivity contribution in [1.29, 1.82) is 0 Å². The molecular weight excluding hydrogens is 514 g/mol. The van der Waals surface area contributed by atoms with Crippen LogP contribution in [0.2, 0.25) is 0 Å². The largest absolute Gasteiger partial charge is 0.420 e. The summed E-state index contributed by atoms with van der Waals surface area (Å²) in [6.45, 7) is 1.60. The molecule has 0 amide bonds. The lowest BCUT2D eigenvalue weighted by molar-refractivity contribution is -0.215. The van der Waals surface area contributed by atoms with Gasteiger partial charge in [0, 0.05) is 37.9 Å². The number of Topliss-reactive ketones (excluding diaryl/α,β-unsaturated/α-hetero) is 1. The van der Waals surface area contributed by atoms with Gasteiger partial charge in [-0.3, -0.25) is 4.79 Å². The number of halogens is 6. The molecule has 4 aromatic heterocycles. The summed E-state index contributed by atoms with van der Waals surface area (Å²) in [6.07, 6.45) is -8.48. The van der Waals surface area contributed by atoms with Crippen molar-refractivity contribution in [2.24, 2.45) is 0 Å².